The number of aromatic hydroxyl groups is 2. The minimum atomic E-state index is -0.309. The Labute approximate surface area is 252 Å². The predicted molar refractivity (Wildman–Crippen MR) is 162 cm³/mol. The average Bonchev–Trinajstić information content (AvgIpc) is 3.75. The zero-order valence-electron chi connectivity index (χ0n) is 25.0. The normalized spacial score (nSPS) is 18.1. The number of nitrogens with one attached hydrogen (secondary N) is 1. The fraction of sp³-hybridized carbons (Fsp3) is 0.500. The molecule has 232 valence electrons. The third kappa shape index (κ3) is 8.19. The molecule has 0 spiro atoms. The van der Waals surface area contributed by atoms with E-state index < -0.39 is 0 Å². The maximum Gasteiger partial charge on any atom is 0.273 e. The first-order chi connectivity index (χ1) is 20.9. The standard InChI is InChI=1S/C29H36N4O5.C3H6O2/c1-32(2)20-8-10-23(11-9-20)37-26-17-22(34)16-25(35)28(26)27-18-24(31-38-27)29(36)30-19-12-14-33(15-13-19)21-6-4-3-5-7-21;1-2-5-3-4-1/h8-11,16-19,21,34-35H,3-7,12-15H2,1-2H3,(H,30,36);1-3H2. The molecular weight excluding hydrogens is 552 g/mol. The second kappa shape index (κ2) is 14.6. The lowest BCUT2D eigenvalue weighted by molar-refractivity contribution is 0.0692. The van der Waals surface area contributed by atoms with Crippen molar-refractivity contribution >= 4 is 11.6 Å². The SMILES string of the molecule is C1COCO1.CN(C)c1ccc(Oc2cc(O)cc(O)c2-c2cc(C(=O)NC3CCN(C4CCCCC4)CC3)no2)cc1. The van der Waals surface area contributed by atoms with Gasteiger partial charge in [-0.15, -0.1) is 0 Å². The molecule has 3 heterocycles. The lowest BCUT2D eigenvalue weighted by Gasteiger charge is -2.39. The Morgan fingerprint density at radius 3 is 2.30 bits per heavy atom. The highest BCUT2D eigenvalue weighted by Gasteiger charge is 2.28. The number of piperidine rings is 1. The summed E-state index contributed by atoms with van der Waals surface area (Å²) in [7, 11) is 3.89. The van der Waals surface area contributed by atoms with Gasteiger partial charge in [0.25, 0.3) is 5.91 Å². The summed E-state index contributed by atoms with van der Waals surface area (Å²) in [4.78, 5) is 17.5. The van der Waals surface area contributed by atoms with Gasteiger partial charge < -0.3 is 44.1 Å². The van der Waals surface area contributed by atoms with E-state index in [-0.39, 0.29) is 46.2 Å². The molecule has 43 heavy (non-hydrogen) atoms. The third-order valence-corrected chi connectivity index (χ3v) is 8.13. The molecule has 11 nitrogen and oxygen atoms in total. The molecule has 0 bridgehead atoms. The summed E-state index contributed by atoms with van der Waals surface area (Å²) >= 11 is 0. The van der Waals surface area contributed by atoms with Gasteiger partial charge in [-0.1, -0.05) is 24.4 Å². The molecule has 11 heteroatoms. The number of amides is 1. The highest BCUT2D eigenvalue weighted by atomic mass is 16.7. The van der Waals surface area contributed by atoms with Gasteiger partial charge in [-0.2, -0.15) is 0 Å². The predicted octanol–water partition coefficient (Wildman–Crippen LogP) is 5.13. The van der Waals surface area contributed by atoms with Crippen molar-refractivity contribution in [2.45, 2.75) is 57.0 Å². The fourth-order valence-electron chi connectivity index (χ4n) is 5.76. The lowest BCUT2D eigenvalue weighted by atomic mass is 9.92. The van der Waals surface area contributed by atoms with Crippen molar-refractivity contribution in [2.75, 3.05) is 52.1 Å². The van der Waals surface area contributed by atoms with E-state index in [0.717, 1.165) is 44.8 Å². The number of phenols is 2. The molecule has 3 fully saturated rings. The molecule has 1 aromatic heterocycles. The van der Waals surface area contributed by atoms with Crippen LogP contribution in [0.1, 0.15) is 55.4 Å². The number of anilines is 1. The Morgan fingerprint density at radius 2 is 1.67 bits per heavy atom. The number of carbonyl (C=O) groups excluding carboxylic acids is 1. The van der Waals surface area contributed by atoms with E-state index in [0.29, 0.717) is 18.6 Å². The van der Waals surface area contributed by atoms with Crippen LogP contribution >= 0.6 is 0 Å². The summed E-state index contributed by atoms with van der Waals surface area (Å²) < 4.78 is 20.9. The number of phenolic OH excluding ortho intramolecular Hbond substituents is 2. The molecule has 1 amide bonds. The first-order valence-electron chi connectivity index (χ1n) is 15.1. The Hall–Kier alpha value is -3.80. The number of hydrogen-bond acceptors (Lipinski definition) is 10. The average molecular weight is 595 g/mol. The van der Waals surface area contributed by atoms with Gasteiger partial charge in [-0.25, -0.2) is 0 Å². The highest BCUT2D eigenvalue weighted by Crippen LogP contribution is 2.43. The van der Waals surface area contributed by atoms with Crippen LogP contribution in [-0.4, -0.2) is 85.5 Å². The zero-order valence-corrected chi connectivity index (χ0v) is 25.0. The molecule has 2 aliphatic heterocycles. The van der Waals surface area contributed by atoms with E-state index in [2.05, 4.69) is 15.4 Å². The first kappa shape index (κ1) is 30.7. The van der Waals surface area contributed by atoms with Crippen molar-refractivity contribution in [3.63, 3.8) is 0 Å². The number of ether oxygens (including phenoxy) is 3. The third-order valence-electron chi connectivity index (χ3n) is 8.13. The molecule has 0 atom stereocenters. The van der Waals surface area contributed by atoms with Crippen molar-refractivity contribution < 1.29 is 33.7 Å². The van der Waals surface area contributed by atoms with Crippen LogP contribution in [0.2, 0.25) is 0 Å². The van der Waals surface area contributed by atoms with Gasteiger partial charge in [0, 0.05) is 63.2 Å². The Bertz CT molecular complexity index is 1320. The summed E-state index contributed by atoms with van der Waals surface area (Å²) in [6.45, 7) is 4.05. The van der Waals surface area contributed by atoms with E-state index >= 15 is 0 Å². The van der Waals surface area contributed by atoms with Crippen LogP contribution in [0, 0.1) is 0 Å². The van der Waals surface area contributed by atoms with Gasteiger partial charge in [-0.05, 0) is 49.9 Å². The summed E-state index contributed by atoms with van der Waals surface area (Å²) in [5.74, 6) is 0.138. The summed E-state index contributed by atoms with van der Waals surface area (Å²) in [5, 5.41) is 27.7. The van der Waals surface area contributed by atoms with Gasteiger partial charge in [-0.3, -0.25) is 4.79 Å². The number of hydrogen-bond donors (Lipinski definition) is 3. The number of rotatable bonds is 7. The maximum atomic E-state index is 13.0. The molecule has 2 saturated heterocycles. The Kier molecular flexibility index (Phi) is 10.4. The molecule has 3 aliphatic rings. The van der Waals surface area contributed by atoms with Crippen molar-refractivity contribution in [2.24, 2.45) is 0 Å². The number of aromatic nitrogens is 1. The molecule has 0 unspecified atom stereocenters. The minimum Gasteiger partial charge on any atom is -0.508 e. The summed E-state index contributed by atoms with van der Waals surface area (Å²) in [5.41, 5.74) is 1.33. The topological polar surface area (TPSA) is 130 Å². The second-order valence-corrected chi connectivity index (χ2v) is 11.4. The van der Waals surface area contributed by atoms with Crippen molar-refractivity contribution in [3.8, 4) is 34.3 Å². The van der Waals surface area contributed by atoms with Crippen LogP contribution in [-0.2, 0) is 9.47 Å². The van der Waals surface area contributed by atoms with Crippen molar-refractivity contribution in [1.82, 2.24) is 15.4 Å². The second-order valence-electron chi connectivity index (χ2n) is 11.4. The van der Waals surface area contributed by atoms with Crippen LogP contribution in [0.15, 0.2) is 47.0 Å². The van der Waals surface area contributed by atoms with Crippen LogP contribution in [0.3, 0.4) is 0 Å². The van der Waals surface area contributed by atoms with E-state index in [1.807, 2.05) is 31.1 Å². The van der Waals surface area contributed by atoms with E-state index in [1.165, 1.54) is 50.3 Å². The van der Waals surface area contributed by atoms with E-state index in [9.17, 15) is 15.0 Å². The molecule has 6 rings (SSSR count). The number of carbonyl (C=O) groups is 1. The van der Waals surface area contributed by atoms with Gasteiger partial charge in [0.2, 0.25) is 0 Å². The Balaban J connectivity index is 0.000000668. The quantitative estimate of drug-likeness (QED) is 0.339. The summed E-state index contributed by atoms with van der Waals surface area (Å²) in [6.07, 6.45) is 8.39. The molecule has 3 N–H and O–H groups in total. The lowest BCUT2D eigenvalue weighted by Crippen LogP contribution is -2.48. The van der Waals surface area contributed by atoms with Crippen molar-refractivity contribution in [1.29, 1.82) is 0 Å². The van der Waals surface area contributed by atoms with Gasteiger partial charge in [0.15, 0.2) is 11.5 Å². The number of likely N-dealkylation sites (tertiary alicyclic amines) is 1. The molecule has 0 radical (unpaired) electrons. The van der Waals surface area contributed by atoms with Gasteiger partial charge in [0.1, 0.15) is 35.4 Å². The van der Waals surface area contributed by atoms with Crippen LogP contribution in [0.4, 0.5) is 5.69 Å². The fourth-order valence-corrected chi connectivity index (χ4v) is 5.76. The van der Waals surface area contributed by atoms with Crippen LogP contribution in [0.25, 0.3) is 11.3 Å². The van der Waals surface area contributed by atoms with Gasteiger partial charge in [0.05, 0.1) is 13.2 Å². The molecule has 3 aromatic rings. The molecule has 1 saturated carbocycles. The number of nitrogens with zero attached hydrogens (tertiary/aromatic N) is 3. The molecular formula is C32H42N4O7. The van der Waals surface area contributed by atoms with Crippen LogP contribution in [0.5, 0.6) is 23.0 Å². The van der Waals surface area contributed by atoms with Crippen LogP contribution < -0.4 is 15.0 Å². The van der Waals surface area contributed by atoms with Crippen molar-refractivity contribution in [3.05, 3.63) is 48.2 Å². The number of benzene rings is 2. The Morgan fingerprint density at radius 1 is 0.977 bits per heavy atom. The molecule has 2 aromatic carbocycles. The largest absolute Gasteiger partial charge is 0.508 e. The first-order valence-corrected chi connectivity index (χ1v) is 15.1. The zero-order chi connectivity index (χ0) is 30.2. The molecule has 1 aliphatic carbocycles. The maximum absolute atomic E-state index is 13.0. The van der Waals surface area contributed by atoms with Gasteiger partial charge >= 0.3 is 0 Å². The summed E-state index contributed by atoms with van der Waals surface area (Å²) in [6, 6.07) is 12.2. The minimum absolute atomic E-state index is 0.0913. The highest BCUT2D eigenvalue weighted by molar-refractivity contribution is 5.93. The van der Waals surface area contributed by atoms with E-state index in [1.54, 1.807) is 12.1 Å². The van der Waals surface area contributed by atoms with E-state index in [4.69, 9.17) is 18.7 Å². The smallest absolute Gasteiger partial charge is 0.273 e. The monoisotopic (exact) mass is 594 g/mol.